The first-order valence-corrected chi connectivity index (χ1v) is 15.1. The SMILES string of the molecule is CC(C)(O/N=C(\C(=O)N[C@@H]1C(=O)N2C(c3nnn[nH]3)=C(C[n+]3ccc4cc(O)c(O)cc4c3)CS[C@H]12)c1csc(N)n1)C(=O)O. The van der Waals surface area contributed by atoms with Crippen LogP contribution in [0.3, 0.4) is 0 Å². The number of hydrogen-bond acceptors (Lipinski definition) is 14. The van der Waals surface area contributed by atoms with E-state index in [2.05, 4.69) is 36.1 Å². The van der Waals surface area contributed by atoms with Gasteiger partial charge in [-0.25, -0.2) is 19.4 Å². The summed E-state index contributed by atoms with van der Waals surface area (Å²) in [7, 11) is 0. The van der Waals surface area contributed by atoms with Gasteiger partial charge in [-0.3, -0.25) is 14.5 Å². The number of thioether (sulfide) groups is 1. The lowest BCUT2D eigenvalue weighted by molar-refractivity contribution is -0.687. The van der Waals surface area contributed by atoms with Gasteiger partial charge in [0.05, 0.1) is 5.70 Å². The number of carboxylic acid groups (broad SMARTS) is 1. The number of carbonyl (C=O) groups excluding carboxylic acids is 2. The Morgan fingerprint density at radius 3 is 2.71 bits per heavy atom. The Kier molecular flexibility index (Phi) is 7.49. The van der Waals surface area contributed by atoms with Gasteiger partial charge in [-0.2, -0.15) is 0 Å². The number of nitrogens with zero attached hydrogens (tertiary/aromatic N) is 7. The van der Waals surface area contributed by atoms with E-state index in [9.17, 15) is 29.7 Å². The van der Waals surface area contributed by atoms with Gasteiger partial charge in [0.25, 0.3) is 11.8 Å². The molecule has 45 heavy (non-hydrogen) atoms. The number of oxime groups is 1. The Bertz CT molecular complexity index is 1910. The number of thiazole rings is 1. The number of aromatic nitrogens is 6. The van der Waals surface area contributed by atoms with Crippen LogP contribution in [0.4, 0.5) is 5.13 Å². The number of aromatic hydroxyl groups is 2. The smallest absolute Gasteiger partial charge is 0.350 e. The number of β-lactam (4-membered cyclic amide) rings is 1. The first-order valence-electron chi connectivity index (χ1n) is 13.2. The highest BCUT2D eigenvalue weighted by molar-refractivity contribution is 8.00. The molecular weight excluding hydrogens is 628 g/mol. The molecule has 0 saturated carbocycles. The summed E-state index contributed by atoms with van der Waals surface area (Å²) >= 11 is 2.47. The Morgan fingerprint density at radius 1 is 1.29 bits per heavy atom. The number of amides is 2. The van der Waals surface area contributed by atoms with Crippen LogP contribution < -0.4 is 15.6 Å². The van der Waals surface area contributed by atoms with Crippen molar-refractivity contribution in [2.75, 3.05) is 11.5 Å². The van der Waals surface area contributed by atoms with Crippen molar-refractivity contribution < 1.29 is 39.1 Å². The second kappa shape index (κ2) is 11.3. The third kappa shape index (κ3) is 5.57. The third-order valence-electron chi connectivity index (χ3n) is 7.07. The van der Waals surface area contributed by atoms with Crippen LogP contribution in [0.15, 0.2) is 46.7 Å². The topological polar surface area (TPSA) is 246 Å². The Morgan fingerprint density at radius 2 is 2.04 bits per heavy atom. The number of carboxylic acids is 1. The van der Waals surface area contributed by atoms with E-state index in [1.54, 1.807) is 18.5 Å². The molecule has 3 aromatic heterocycles. The Labute approximate surface area is 261 Å². The number of aromatic amines is 1. The van der Waals surface area contributed by atoms with Gasteiger partial charge in [0, 0.05) is 28.2 Å². The highest BCUT2D eigenvalue weighted by Gasteiger charge is 2.54. The van der Waals surface area contributed by atoms with Crippen molar-refractivity contribution >= 4 is 68.2 Å². The van der Waals surface area contributed by atoms with Gasteiger partial charge >= 0.3 is 5.97 Å². The van der Waals surface area contributed by atoms with E-state index in [0.29, 0.717) is 23.4 Å². The standard InChI is InChI=1S/C26H24N10O7S2/c1-26(2,24(41)42)43-32-17(14-10-45-25(27)28-14)21(39)29-18-22(40)36-19(20-30-33-34-31-20)13(9-44-23(18)36)8-35-4-3-11-5-15(37)16(38)6-12(11)7-35/h3-7,10,18,23H,8-9H2,1-2H3,(H6,27,28,29,30,31,33,34,38,39,41,42)/p+1/b32-17-/t18-,23-/m1/s1. The summed E-state index contributed by atoms with van der Waals surface area (Å²) in [6.07, 6.45) is 3.61. The predicted molar refractivity (Wildman–Crippen MR) is 159 cm³/mol. The fourth-order valence-corrected chi connectivity index (χ4v) is 6.57. The van der Waals surface area contributed by atoms with Crippen LogP contribution in [0.5, 0.6) is 11.5 Å². The zero-order valence-corrected chi connectivity index (χ0v) is 25.2. The molecular formula is C26H25N10O7S2+. The lowest BCUT2D eigenvalue weighted by Gasteiger charge is -2.49. The number of aliphatic carboxylic acids is 1. The number of H-pyrrole nitrogens is 1. The first kappa shape index (κ1) is 29.8. The summed E-state index contributed by atoms with van der Waals surface area (Å²) in [6, 6.07) is 3.75. The minimum atomic E-state index is -1.75. The van der Waals surface area contributed by atoms with Crippen molar-refractivity contribution in [3.8, 4) is 11.5 Å². The molecule has 7 N–H and O–H groups in total. The number of pyridine rings is 1. The van der Waals surface area contributed by atoms with Gasteiger partial charge in [-0.1, -0.05) is 5.16 Å². The summed E-state index contributed by atoms with van der Waals surface area (Å²) in [5, 5.41) is 52.2. The van der Waals surface area contributed by atoms with Gasteiger partial charge in [0.1, 0.15) is 17.1 Å². The number of phenolic OH excluding ortho intramolecular Hbond substituents is 2. The van der Waals surface area contributed by atoms with Gasteiger partial charge in [-0.15, -0.1) is 28.2 Å². The molecule has 232 valence electrons. The third-order valence-corrected chi connectivity index (χ3v) is 9.08. The van der Waals surface area contributed by atoms with Gasteiger partial charge < -0.3 is 31.2 Å². The molecule has 2 aliphatic heterocycles. The molecule has 0 unspecified atom stereocenters. The molecule has 0 spiro atoms. The maximum Gasteiger partial charge on any atom is 0.350 e. The Balaban J connectivity index is 1.26. The molecule has 17 nitrogen and oxygen atoms in total. The molecule has 0 aliphatic carbocycles. The molecule has 2 amide bonds. The lowest BCUT2D eigenvalue weighted by atomic mass is 10.0. The van der Waals surface area contributed by atoms with E-state index in [4.69, 9.17) is 10.6 Å². The number of fused-ring (bicyclic) bond motifs is 2. The minimum Gasteiger partial charge on any atom is -0.504 e. The maximum atomic E-state index is 13.6. The molecule has 1 aromatic carbocycles. The van der Waals surface area contributed by atoms with Crippen molar-refractivity contribution in [1.29, 1.82) is 0 Å². The second-order valence-corrected chi connectivity index (χ2v) is 12.6. The monoisotopic (exact) mass is 653 g/mol. The van der Waals surface area contributed by atoms with Crippen LogP contribution in [-0.4, -0.2) is 92.1 Å². The average Bonchev–Trinajstić information content (AvgIpc) is 3.69. The van der Waals surface area contributed by atoms with Crippen molar-refractivity contribution in [1.82, 2.24) is 35.8 Å². The highest BCUT2D eigenvalue weighted by atomic mass is 32.2. The summed E-state index contributed by atoms with van der Waals surface area (Å²) in [5.41, 5.74) is 4.98. The van der Waals surface area contributed by atoms with Crippen LogP contribution in [-0.2, 0) is 25.8 Å². The molecule has 19 heteroatoms. The number of anilines is 1. The fraction of sp³-hybridized carbons (Fsp3) is 0.269. The number of benzene rings is 1. The second-order valence-electron chi connectivity index (χ2n) is 10.6. The number of nitrogen functional groups attached to an aromatic ring is 1. The van der Waals surface area contributed by atoms with Crippen molar-refractivity contribution in [3.63, 3.8) is 0 Å². The molecule has 2 aliphatic rings. The number of phenols is 2. The summed E-state index contributed by atoms with van der Waals surface area (Å²) in [5.74, 6) is -2.29. The van der Waals surface area contributed by atoms with Crippen LogP contribution in [0.1, 0.15) is 25.4 Å². The number of nitrogens with one attached hydrogen (secondary N) is 2. The number of rotatable bonds is 9. The molecule has 1 saturated heterocycles. The van der Waals surface area contributed by atoms with E-state index < -0.39 is 34.8 Å². The zero-order valence-electron chi connectivity index (χ0n) is 23.5. The van der Waals surface area contributed by atoms with E-state index in [-0.39, 0.29) is 33.9 Å². The molecule has 0 bridgehead atoms. The minimum absolute atomic E-state index is 0.0580. The molecule has 2 atom stereocenters. The predicted octanol–water partition coefficient (Wildman–Crippen LogP) is 0.186. The number of carbonyl (C=O) groups is 3. The van der Waals surface area contributed by atoms with E-state index in [0.717, 1.165) is 22.3 Å². The van der Waals surface area contributed by atoms with E-state index in [1.807, 2.05) is 4.57 Å². The largest absolute Gasteiger partial charge is 0.504 e. The maximum absolute atomic E-state index is 13.6. The molecule has 0 radical (unpaired) electrons. The Hall–Kier alpha value is -5.30. The first-order chi connectivity index (χ1) is 21.4. The molecule has 5 heterocycles. The van der Waals surface area contributed by atoms with Gasteiger partial charge in [0.15, 0.2) is 47.1 Å². The van der Waals surface area contributed by atoms with Crippen LogP contribution in [0.2, 0.25) is 0 Å². The summed E-state index contributed by atoms with van der Waals surface area (Å²) in [4.78, 5) is 49.3. The normalized spacial score (nSPS) is 18.5. The zero-order chi connectivity index (χ0) is 32.0. The van der Waals surface area contributed by atoms with Crippen molar-refractivity contribution in [2.24, 2.45) is 5.16 Å². The summed E-state index contributed by atoms with van der Waals surface area (Å²) < 4.78 is 1.86. The van der Waals surface area contributed by atoms with Crippen LogP contribution >= 0.6 is 23.1 Å². The number of hydrogen-bond donors (Lipinski definition) is 6. The van der Waals surface area contributed by atoms with Crippen molar-refractivity contribution in [3.05, 3.63) is 53.1 Å². The van der Waals surface area contributed by atoms with E-state index in [1.165, 1.54) is 48.0 Å². The lowest BCUT2D eigenvalue weighted by Crippen LogP contribution is -2.70. The van der Waals surface area contributed by atoms with Crippen LogP contribution in [0, 0.1) is 0 Å². The van der Waals surface area contributed by atoms with E-state index >= 15 is 0 Å². The van der Waals surface area contributed by atoms with Crippen LogP contribution in [0.25, 0.3) is 16.5 Å². The highest BCUT2D eigenvalue weighted by Crippen LogP contribution is 2.43. The molecule has 6 rings (SSSR count). The quantitative estimate of drug-likeness (QED) is 0.0465. The number of nitrogens with two attached hydrogens (primary N) is 1. The van der Waals surface area contributed by atoms with Gasteiger partial charge in [-0.05, 0) is 41.8 Å². The summed E-state index contributed by atoms with van der Waals surface area (Å²) in [6.45, 7) is 2.88. The van der Waals surface area contributed by atoms with Gasteiger partial charge in [0.2, 0.25) is 5.60 Å². The molecule has 1 fully saturated rings. The fourth-order valence-electron chi connectivity index (χ4n) is 4.68. The molecule has 4 aromatic rings. The average molecular weight is 654 g/mol. The number of tetrazole rings is 1. The van der Waals surface area contributed by atoms with Crippen molar-refractivity contribution in [2.45, 2.75) is 37.4 Å².